The molecule has 0 unspecified atom stereocenters. The van der Waals surface area contributed by atoms with Gasteiger partial charge in [0.05, 0.1) is 31.1 Å². The Kier molecular flexibility index (Phi) is 2.79. The molecule has 13 heavy (non-hydrogen) atoms. The molecular formula is C8H9FN2O2. The predicted molar refractivity (Wildman–Crippen MR) is 44.3 cm³/mol. The van der Waals surface area contributed by atoms with Crippen molar-refractivity contribution < 1.29 is 13.9 Å². The van der Waals surface area contributed by atoms with Gasteiger partial charge in [-0.15, -0.1) is 0 Å². The first-order chi connectivity index (χ1) is 6.13. The van der Waals surface area contributed by atoms with E-state index in [9.17, 15) is 9.18 Å². The quantitative estimate of drug-likeness (QED) is 0.680. The van der Waals surface area contributed by atoms with E-state index in [0.717, 1.165) is 12.3 Å². The van der Waals surface area contributed by atoms with Crippen LogP contribution in [0.25, 0.3) is 0 Å². The summed E-state index contributed by atoms with van der Waals surface area (Å²) < 4.78 is 16.9. The molecular weight excluding hydrogens is 175 g/mol. The number of carbonyl (C=O) groups is 1. The van der Waals surface area contributed by atoms with Gasteiger partial charge in [0.1, 0.15) is 5.82 Å². The molecule has 0 aliphatic rings. The summed E-state index contributed by atoms with van der Waals surface area (Å²) in [6, 6.07) is 1.12. The Morgan fingerprint density at radius 1 is 1.77 bits per heavy atom. The summed E-state index contributed by atoms with van der Waals surface area (Å²) in [7, 11) is 1.27. The van der Waals surface area contributed by atoms with Gasteiger partial charge in [0.2, 0.25) is 0 Å². The van der Waals surface area contributed by atoms with Crippen molar-refractivity contribution in [2.75, 3.05) is 12.8 Å². The molecule has 0 radical (unpaired) electrons. The Morgan fingerprint density at radius 3 is 3.00 bits per heavy atom. The van der Waals surface area contributed by atoms with Crippen molar-refractivity contribution >= 4 is 11.7 Å². The Labute approximate surface area is 74.5 Å². The molecule has 0 bridgehead atoms. The van der Waals surface area contributed by atoms with Crippen molar-refractivity contribution in [2.24, 2.45) is 0 Å². The van der Waals surface area contributed by atoms with Crippen molar-refractivity contribution in [1.29, 1.82) is 0 Å². The predicted octanol–water partition coefficient (Wildman–Crippen LogP) is 0.518. The topological polar surface area (TPSA) is 65.2 Å². The van der Waals surface area contributed by atoms with Gasteiger partial charge in [0, 0.05) is 6.07 Å². The number of nitrogens with two attached hydrogens (primary N) is 1. The average Bonchev–Trinajstić information content (AvgIpc) is 2.09. The van der Waals surface area contributed by atoms with Crippen LogP contribution in [0.1, 0.15) is 5.69 Å². The van der Waals surface area contributed by atoms with Crippen LogP contribution in [0.15, 0.2) is 12.3 Å². The first kappa shape index (κ1) is 9.44. The number of carbonyl (C=O) groups excluding carboxylic acids is 1. The zero-order valence-electron chi connectivity index (χ0n) is 7.08. The minimum Gasteiger partial charge on any atom is -0.469 e. The molecule has 0 aromatic carbocycles. The molecule has 0 atom stereocenters. The Bertz CT molecular complexity index is 328. The second-order valence-corrected chi connectivity index (χ2v) is 2.44. The van der Waals surface area contributed by atoms with E-state index in [4.69, 9.17) is 5.73 Å². The normalized spacial score (nSPS) is 9.69. The molecule has 0 fully saturated rings. The fourth-order valence-corrected chi connectivity index (χ4v) is 0.840. The highest BCUT2D eigenvalue weighted by molar-refractivity contribution is 5.73. The number of nitrogen functional groups attached to an aromatic ring is 1. The molecule has 70 valence electrons. The lowest BCUT2D eigenvalue weighted by Crippen LogP contribution is -2.08. The lowest BCUT2D eigenvalue weighted by atomic mass is 10.2. The molecule has 0 saturated carbocycles. The maximum Gasteiger partial charge on any atom is 0.311 e. The molecule has 2 N–H and O–H groups in total. The van der Waals surface area contributed by atoms with Gasteiger partial charge in [0.15, 0.2) is 0 Å². The van der Waals surface area contributed by atoms with E-state index in [-0.39, 0.29) is 12.1 Å². The standard InChI is InChI=1S/C8H9FN2O2/c1-13-8(12)3-7-6(10)2-5(9)4-11-7/h2,4H,3,10H2,1H3. The molecule has 0 spiro atoms. The smallest absolute Gasteiger partial charge is 0.311 e. The van der Waals surface area contributed by atoms with Gasteiger partial charge in [-0.2, -0.15) is 0 Å². The maximum absolute atomic E-state index is 12.5. The SMILES string of the molecule is COC(=O)Cc1ncc(F)cc1N. The number of nitrogens with zero attached hydrogens (tertiary/aromatic N) is 1. The van der Waals surface area contributed by atoms with E-state index in [0.29, 0.717) is 5.69 Å². The van der Waals surface area contributed by atoms with Crippen LogP contribution in [0, 0.1) is 5.82 Å². The van der Waals surface area contributed by atoms with Gasteiger partial charge in [-0.3, -0.25) is 9.78 Å². The van der Waals surface area contributed by atoms with E-state index in [1.165, 1.54) is 7.11 Å². The van der Waals surface area contributed by atoms with Crippen LogP contribution in [-0.4, -0.2) is 18.1 Å². The second-order valence-electron chi connectivity index (χ2n) is 2.44. The van der Waals surface area contributed by atoms with Crippen molar-refractivity contribution in [1.82, 2.24) is 4.98 Å². The highest BCUT2D eigenvalue weighted by Crippen LogP contribution is 2.10. The minimum absolute atomic E-state index is 0.0391. The van der Waals surface area contributed by atoms with Crippen LogP contribution in [0.2, 0.25) is 0 Å². The van der Waals surface area contributed by atoms with Crippen LogP contribution in [0.3, 0.4) is 0 Å². The summed E-state index contributed by atoms with van der Waals surface area (Å²) in [6.07, 6.45) is 0.969. The highest BCUT2D eigenvalue weighted by atomic mass is 19.1. The third-order valence-electron chi connectivity index (χ3n) is 1.51. The molecule has 1 aromatic rings. The van der Waals surface area contributed by atoms with Crippen molar-refractivity contribution in [3.63, 3.8) is 0 Å². The third-order valence-corrected chi connectivity index (χ3v) is 1.51. The molecule has 5 heteroatoms. The van der Waals surface area contributed by atoms with Gasteiger partial charge in [-0.25, -0.2) is 4.39 Å². The van der Waals surface area contributed by atoms with Crippen molar-refractivity contribution in [3.05, 3.63) is 23.8 Å². The second kappa shape index (κ2) is 3.84. The zero-order chi connectivity index (χ0) is 9.84. The number of rotatable bonds is 2. The first-order valence-corrected chi connectivity index (χ1v) is 3.60. The number of ether oxygens (including phenoxy) is 1. The number of pyridine rings is 1. The van der Waals surface area contributed by atoms with Gasteiger partial charge < -0.3 is 10.5 Å². The number of esters is 1. The van der Waals surface area contributed by atoms with Crippen LogP contribution in [0.5, 0.6) is 0 Å². The molecule has 0 aliphatic carbocycles. The summed E-state index contributed by atoms with van der Waals surface area (Å²) in [5.41, 5.74) is 5.90. The van der Waals surface area contributed by atoms with E-state index >= 15 is 0 Å². The molecule has 0 saturated heterocycles. The molecule has 1 rings (SSSR count). The van der Waals surface area contributed by atoms with Crippen LogP contribution in [0.4, 0.5) is 10.1 Å². The molecule has 1 aromatic heterocycles. The van der Waals surface area contributed by atoms with Crippen LogP contribution in [-0.2, 0) is 16.0 Å². The van der Waals surface area contributed by atoms with E-state index < -0.39 is 11.8 Å². The monoisotopic (exact) mass is 184 g/mol. The Hall–Kier alpha value is -1.65. The lowest BCUT2D eigenvalue weighted by Gasteiger charge is -2.02. The van der Waals surface area contributed by atoms with E-state index in [1.807, 2.05) is 0 Å². The molecule has 0 amide bonds. The fourth-order valence-electron chi connectivity index (χ4n) is 0.840. The van der Waals surface area contributed by atoms with Gasteiger partial charge in [-0.05, 0) is 0 Å². The summed E-state index contributed by atoms with van der Waals surface area (Å²) in [5, 5.41) is 0. The number of hydrogen-bond donors (Lipinski definition) is 1. The van der Waals surface area contributed by atoms with Crippen molar-refractivity contribution in [2.45, 2.75) is 6.42 Å². The van der Waals surface area contributed by atoms with Gasteiger partial charge in [-0.1, -0.05) is 0 Å². The number of hydrogen-bond acceptors (Lipinski definition) is 4. The summed E-state index contributed by atoms with van der Waals surface area (Å²) in [4.78, 5) is 14.5. The lowest BCUT2D eigenvalue weighted by molar-refractivity contribution is -0.139. The molecule has 4 nitrogen and oxygen atoms in total. The number of anilines is 1. The van der Waals surface area contributed by atoms with Gasteiger partial charge in [0.25, 0.3) is 0 Å². The number of aromatic nitrogens is 1. The average molecular weight is 184 g/mol. The largest absolute Gasteiger partial charge is 0.469 e. The summed E-state index contributed by atoms with van der Waals surface area (Å²) >= 11 is 0. The molecule has 0 aliphatic heterocycles. The zero-order valence-corrected chi connectivity index (χ0v) is 7.08. The fraction of sp³-hybridized carbons (Fsp3) is 0.250. The maximum atomic E-state index is 12.5. The Balaban J connectivity index is 2.83. The molecule has 1 heterocycles. The van der Waals surface area contributed by atoms with Crippen LogP contribution < -0.4 is 5.73 Å². The Morgan fingerprint density at radius 2 is 2.46 bits per heavy atom. The third kappa shape index (κ3) is 2.40. The highest BCUT2D eigenvalue weighted by Gasteiger charge is 2.08. The van der Waals surface area contributed by atoms with E-state index in [1.54, 1.807) is 0 Å². The number of methoxy groups -OCH3 is 1. The summed E-state index contributed by atoms with van der Waals surface area (Å²) in [5.74, 6) is -0.975. The summed E-state index contributed by atoms with van der Waals surface area (Å²) in [6.45, 7) is 0. The van der Waals surface area contributed by atoms with Crippen molar-refractivity contribution in [3.8, 4) is 0 Å². The van der Waals surface area contributed by atoms with Crippen LogP contribution >= 0.6 is 0 Å². The first-order valence-electron chi connectivity index (χ1n) is 3.60. The van der Waals surface area contributed by atoms with Gasteiger partial charge >= 0.3 is 5.97 Å². The van der Waals surface area contributed by atoms with E-state index in [2.05, 4.69) is 9.72 Å². The minimum atomic E-state index is -0.522. The number of halogens is 1.